The summed E-state index contributed by atoms with van der Waals surface area (Å²) >= 11 is 8.09. The maximum Gasteiger partial charge on any atom is 0.266 e. The van der Waals surface area contributed by atoms with E-state index in [9.17, 15) is 10.1 Å². The van der Waals surface area contributed by atoms with Crippen LogP contribution in [0.1, 0.15) is 23.6 Å². The van der Waals surface area contributed by atoms with Gasteiger partial charge in [0.25, 0.3) is 5.91 Å². The van der Waals surface area contributed by atoms with Crippen molar-refractivity contribution in [1.29, 1.82) is 5.26 Å². The first-order chi connectivity index (χ1) is 17.9. The summed E-state index contributed by atoms with van der Waals surface area (Å²) < 4.78 is 13.0. The number of nitriles is 1. The molecule has 4 rings (SSSR count). The molecule has 0 aliphatic carbocycles. The van der Waals surface area contributed by atoms with Crippen LogP contribution in [0.5, 0.6) is 11.5 Å². The molecule has 1 amide bonds. The van der Waals surface area contributed by atoms with Gasteiger partial charge in [-0.15, -0.1) is 0 Å². The summed E-state index contributed by atoms with van der Waals surface area (Å²) in [5, 5.41) is 15.2. The highest BCUT2D eigenvalue weighted by molar-refractivity contribution is 14.1. The number of hydrogen-bond donors (Lipinski definition) is 1. The number of nitrogens with one attached hydrogen (secondary N) is 1. The number of anilines is 1. The maximum absolute atomic E-state index is 12.7. The number of rotatable bonds is 8. The molecule has 1 N–H and O–H groups in total. The topological polar surface area (TPSA) is 71.3 Å². The summed E-state index contributed by atoms with van der Waals surface area (Å²) in [5.41, 5.74) is 3.44. The largest absolute Gasteiger partial charge is 0.490 e. The Labute approximate surface area is 234 Å². The molecular weight excluding hydrogens is 599 g/mol. The normalized spacial score (nSPS) is 11.2. The average Bonchev–Trinajstić information content (AvgIpc) is 2.89. The highest BCUT2D eigenvalue weighted by Gasteiger charge is 2.16. The minimum atomic E-state index is -0.510. The highest BCUT2D eigenvalue weighted by Crippen LogP contribution is 2.36. The summed E-state index contributed by atoms with van der Waals surface area (Å²) in [7, 11) is 0. The number of hydrogen-bond acceptors (Lipinski definition) is 4. The van der Waals surface area contributed by atoms with Crippen LogP contribution in [0.4, 0.5) is 5.69 Å². The molecule has 0 atom stereocenters. The van der Waals surface area contributed by atoms with Crippen LogP contribution in [-0.2, 0) is 11.4 Å². The van der Waals surface area contributed by atoms with Gasteiger partial charge in [0.05, 0.1) is 10.2 Å². The summed E-state index contributed by atoms with van der Waals surface area (Å²) in [6.45, 7) is 4.79. The Hall–Kier alpha value is -3.54. The van der Waals surface area contributed by atoms with Crippen LogP contribution in [-0.4, -0.2) is 12.5 Å². The van der Waals surface area contributed by atoms with E-state index >= 15 is 0 Å². The van der Waals surface area contributed by atoms with Gasteiger partial charge in [-0.1, -0.05) is 48.0 Å². The number of aryl methyl sites for hydroxylation is 1. The van der Waals surface area contributed by atoms with E-state index in [2.05, 4.69) is 59.1 Å². The Morgan fingerprint density at radius 3 is 2.57 bits per heavy atom. The van der Waals surface area contributed by atoms with Crippen molar-refractivity contribution in [2.45, 2.75) is 20.5 Å². The van der Waals surface area contributed by atoms with E-state index in [0.29, 0.717) is 41.0 Å². The lowest BCUT2D eigenvalue weighted by Gasteiger charge is -2.17. The molecule has 4 aromatic rings. The van der Waals surface area contributed by atoms with E-state index in [1.807, 2.05) is 31.2 Å². The van der Waals surface area contributed by atoms with Gasteiger partial charge in [0.1, 0.15) is 18.2 Å². The lowest BCUT2D eigenvalue weighted by atomic mass is 10.0. The van der Waals surface area contributed by atoms with E-state index in [1.165, 1.54) is 6.08 Å². The lowest BCUT2D eigenvalue weighted by molar-refractivity contribution is -0.112. The zero-order valence-electron chi connectivity index (χ0n) is 20.3. The molecule has 0 fully saturated rings. The maximum atomic E-state index is 12.7. The zero-order chi connectivity index (χ0) is 26.4. The van der Waals surface area contributed by atoms with Gasteiger partial charge in [-0.2, -0.15) is 5.26 Å². The van der Waals surface area contributed by atoms with Crippen LogP contribution in [0.15, 0.2) is 78.4 Å². The predicted molar refractivity (Wildman–Crippen MR) is 157 cm³/mol. The molecule has 0 unspecified atom stereocenters. The summed E-state index contributed by atoms with van der Waals surface area (Å²) in [5.74, 6) is 0.662. The fraction of sp³-hybridized carbons (Fsp3) is 0.133. The van der Waals surface area contributed by atoms with E-state index < -0.39 is 5.91 Å². The Bertz CT molecular complexity index is 1520. The molecule has 0 saturated carbocycles. The number of ether oxygens (including phenoxy) is 2. The second-order valence-corrected chi connectivity index (χ2v) is 9.86. The molecular formula is C30H24ClIN2O3. The number of nitrogens with zero attached hydrogens (tertiary/aromatic N) is 1. The Morgan fingerprint density at radius 1 is 1.08 bits per heavy atom. The molecule has 0 aliphatic rings. The molecule has 0 radical (unpaired) electrons. The van der Waals surface area contributed by atoms with Crippen LogP contribution in [0, 0.1) is 21.8 Å². The van der Waals surface area contributed by atoms with E-state index in [4.69, 9.17) is 21.1 Å². The standard InChI is InChI=1S/C30H24ClIN2O3/c1-3-36-28-16-20(14-22(17-33)30(35)34-24-12-10-23(31)11-13-24)15-27(32)29(28)37-18-26-19(2)8-9-21-6-4-5-7-25(21)26/h4-16H,3,18H2,1-2H3,(H,34,35)/b22-14+. The monoisotopic (exact) mass is 622 g/mol. The van der Waals surface area contributed by atoms with Gasteiger partial charge in [-0.3, -0.25) is 4.79 Å². The van der Waals surface area contributed by atoms with Crippen molar-refractivity contribution in [3.8, 4) is 17.6 Å². The molecule has 186 valence electrons. The second-order valence-electron chi connectivity index (χ2n) is 8.26. The summed E-state index contributed by atoms with van der Waals surface area (Å²) in [4.78, 5) is 12.7. The second kappa shape index (κ2) is 12.1. The van der Waals surface area contributed by atoms with Crippen LogP contribution < -0.4 is 14.8 Å². The number of benzene rings is 4. The van der Waals surface area contributed by atoms with Gasteiger partial charge in [0, 0.05) is 16.3 Å². The Balaban J connectivity index is 1.61. The molecule has 0 heterocycles. The molecule has 0 aliphatic heterocycles. The average molecular weight is 623 g/mol. The van der Waals surface area contributed by atoms with Gasteiger partial charge in [-0.05, 0) is 101 Å². The van der Waals surface area contributed by atoms with E-state index in [0.717, 1.165) is 25.5 Å². The Kier molecular flexibility index (Phi) is 8.70. The van der Waals surface area contributed by atoms with Crippen LogP contribution in [0.2, 0.25) is 5.02 Å². The van der Waals surface area contributed by atoms with Gasteiger partial charge in [0.15, 0.2) is 11.5 Å². The quantitative estimate of drug-likeness (QED) is 0.123. The molecule has 7 heteroatoms. The predicted octanol–water partition coefficient (Wildman–Crippen LogP) is 7.93. The molecule has 0 spiro atoms. The van der Waals surface area contributed by atoms with Gasteiger partial charge in [-0.25, -0.2) is 0 Å². The van der Waals surface area contributed by atoms with Crippen molar-refractivity contribution in [3.05, 3.63) is 104 Å². The molecule has 0 aromatic heterocycles. The minimum Gasteiger partial charge on any atom is -0.490 e. The van der Waals surface area contributed by atoms with Crippen LogP contribution in [0.3, 0.4) is 0 Å². The number of halogens is 2. The fourth-order valence-corrected chi connectivity index (χ4v) is 4.81. The zero-order valence-corrected chi connectivity index (χ0v) is 23.3. The summed E-state index contributed by atoms with van der Waals surface area (Å²) in [6, 6.07) is 24.8. The smallest absolute Gasteiger partial charge is 0.266 e. The minimum absolute atomic E-state index is 0.0340. The van der Waals surface area contributed by atoms with Gasteiger partial charge < -0.3 is 14.8 Å². The SMILES string of the molecule is CCOc1cc(/C=C(\C#N)C(=O)Nc2ccc(Cl)cc2)cc(I)c1OCc1c(C)ccc2ccccc12. The number of amides is 1. The molecule has 37 heavy (non-hydrogen) atoms. The highest BCUT2D eigenvalue weighted by atomic mass is 127. The molecule has 0 saturated heterocycles. The van der Waals surface area contributed by atoms with Crippen molar-refractivity contribution in [3.63, 3.8) is 0 Å². The first-order valence-corrected chi connectivity index (χ1v) is 13.1. The van der Waals surface area contributed by atoms with Crippen molar-refractivity contribution >= 4 is 62.6 Å². The number of fused-ring (bicyclic) bond motifs is 1. The van der Waals surface area contributed by atoms with Crippen LogP contribution in [0.25, 0.3) is 16.8 Å². The number of carbonyl (C=O) groups excluding carboxylic acids is 1. The first-order valence-electron chi connectivity index (χ1n) is 11.6. The van der Waals surface area contributed by atoms with Crippen LogP contribution >= 0.6 is 34.2 Å². The Morgan fingerprint density at radius 2 is 1.84 bits per heavy atom. The van der Waals surface area contributed by atoms with E-state index in [-0.39, 0.29) is 5.57 Å². The fourth-order valence-electron chi connectivity index (χ4n) is 3.90. The lowest BCUT2D eigenvalue weighted by Crippen LogP contribution is -2.13. The first kappa shape index (κ1) is 26.5. The van der Waals surface area contributed by atoms with Crippen molar-refractivity contribution in [1.82, 2.24) is 0 Å². The molecule has 0 bridgehead atoms. The van der Waals surface area contributed by atoms with Crippen molar-refractivity contribution in [2.75, 3.05) is 11.9 Å². The molecule has 5 nitrogen and oxygen atoms in total. The van der Waals surface area contributed by atoms with Gasteiger partial charge in [0.2, 0.25) is 0 Å². The van der Waals surface area contributed by atoms with Crippen molar-refractivity contribution < 1.29 is 14.3 Å². The van der Waals surface area contributed by atoms with Crippen molar-refractivity contribution in [2.24, 2.45) is 0 Å². The number of carbonyl (C=O) groups is 1. The third kappa shape index (κ3) is 6.43. The van der Waals surface area contributed by atoms with Gasteiger partial charge >= 0.3 is 0 Å². The summed E-state index contributed by atoms with van der Waals surface area (Å²) in [6.07, 6.45) is 1.54. The third-order valence-electron chi connectivity index (χ3n) is 5.75. The molecule has 4 aromatic carbocycles. The third-order valence-corrected chi connectivity index (χ3v) is 6.80. The van der Waals surface area contributed by atoms with E-state index in [1.54, 1.807) is 30.3 Å².